The van der Waals surface area contributed by atoms with Crippen LogP contribution in [0.4, 0.5) is 17.1 Å². The Morgan fingerprint density at radius 2 is 1.01 bits per heavy atom. The Hall–Kier alpha value is -7.31. The molecule has 0 bridgehead atoms. The fraction of sp³-hybridized carbons (Fsp3) is 0.485. The van der Waals surface area contributed by atoms with E-state index in [1.165, 1.54) is 0 Å². The molecule has 3 atom stereocenters. The Balaban J connectivity index is 1.14. The van der Waals surface area contributed by atoms with Crippen molar-refractivity contribution < 1.29 is 33.3 Å². The average Bonchev–Trinajstić information content (AvgIpc) is 3.49. The van der Waals surface area contributed by atoms with E-state index in [2.05, 4.69) is 117 Å². The zero-order chi connectivity index (χ0) is 58.8. The van der Waals surface area contributed by atoms with Crippen molar-refractivity contribution in [1.29, 1.82) is 10.5 Å². The Bertz CT molecular complexity index is 2920. The minimum atomic E-state index is -0.889. The molecular weight excluding hydrogens is 999 g/mol. The van der Waals surface area contributed by atoms with E-state index in [0.717, 1.165) is 61.8 Å². The third-order valence-corrected chi connectivity index (χ3v) is 18.0. The molecule has 0 aliphatic heterocycles. The summed E-state index contributed by atoms with van der Waals surface area (Å²) in [4.78, 5) is 44.7. The van der Waals surface area contributed by atoms with Crippen LogP contribution in [0.15, 0.2) is 132 Å². The molecule has 5 rings (SSSR count). The molecule has 0 saturated heterocycles. The van der Waals surface area contributed by atoms with Crippen molar-refractivity contribution in [3.63, 3.8) is 0 Å². The van der Waals surface area contributed by atoms with Gasteiger partial charge in [0.1, 0.15) is 18.1 Å². The molecule has 5 aromatic carbocycles. The molecule has 5 aromatic rings. The standard InChI is InChI=1S/C68H87N5O7/c1-14-63(5,6)48-68(13,62(76)78-44-21-19-18-20-43-77-58-38-30-54(31-39-58)60(74)80-59-40-28-53(29-41-59)52-26-22-50(46-69)23-27-52)65(9,10)66(11,16-3)49-67(12,64(7,8)15-2)61(75)79-45-42-73(17-4)57-36-34-56(35-37-57)72-71-55-32-24-51(47-70)25-33-55/h22-41H,14-21,42-45,48-49H2,1-13H3. The molecule has 80 heavy (non-hydrogen) atoms. The summed E-state index contributed by atoms with van der Waals surface area (Å²) in [6.45, 7) is 30.5. The van der Waals surface area contributed by atoms with Crippen molar-refractivity contribution in [3.05, 3.63) is 138 Å². The summed E-state index contributed by atoms with van der Waals surface area (Å²) in [6, 6.07) is 40.5. The molecule has 0 aromatic heterocycles. The molecule has 0 radical (unpaired) electrons. The van der Waals surface area contributed by atoms with Crippen LogP contribution in [0, 0.1) is 55.2 Å². The minimum Gasteiger partial charge on any atom is -0.494 e. The number of esters is 3. The third kappa shape index (κ3) is 16.0. The van der Waals surface area contributed by atoms with Gasteiger partial charge in [-0.25, -0.2) is 4.79 Å². The van der Waals surface area contributed by atoms with E-state index in [4.69, 9.17) is 29.5 Å². The largest absolute Gasteiger partial charge is 0.494 e. The molecule has 12 nitrogen and oxygen atoms in total. The van der Waals surface area contributed by atoms with E-state index >= 15 is 0 Å². The van der Waals surface area contributed by atoms with Gasteiger partial charge in [0, 0.05) is 12.2 Å². The van der Waals surface area contributed by atoms with E-state index < -0.39 is 33.0 Å². The number of hydrogen-bond donors (Lipinski definition) is 0. The predicted octanol–water partition coefficient (Wildman–Crippen LogP) is 17.4. The summed E-state index contributed by atoms with van der Waals surface area (Å²) in [6.07, 6.45) is 6.84. The molecule has 0 fully saturated rings. The van der Waals surface area contributed by atoms with Crippen LogP contribution in [0.2, 0.25) is 0 Å². The number of nitriles is 2. The second kappa shape index (κ2) is 28.2. The van der Waals surface area contributed by atoms with Gasteiger partial charge in [-0.1, -0.05) is 106 Å². The first-order chi connectivity index (χ1) is 37.9. The molecule has 0 N–H and O–H groups in total. The second-order valence-electron chi connectivity index (χ2n) is 23.9. The number of nitrogens with zero attached hydrogens (tertiary/aromatic N) is 5. The van der Waals surface area contributed by atoms with Gasteiger partial charge >= 0.3 is 17.9 Å². The molecule has 0 aliphatic carbocycles. The molecule has 0 saturated carbocycles. The number of azo groups is 1. The van der Waals surface area contributed by atoms with Crippen molar-refractivity contribution in [3.8, 4) is 34.8 Å². The lowest BCUT2D eigenvalue weighted by molar-refractivity contribution is -0.184. The van der Waals surface area contributed by atoms with Gasteiger partial charge in [0.15, 0.2) is 0 Å². The van der Waals surface area contributed by atoms with Gasteiger partial charge in [0.05, 0.1) is 70.8 Å². The summed E-state index contributed by atoms with van der Waals surface area (Å²) >= 11 is 0. The smallest absolute Gasteiger partial charge is 0.343 e. The average molecular weight is 1090 g/mol. The van der Waals surface area contributed by atoms with Gasteiger partial charge in [-0.3, -0.25) is 9.59 Å². The van der Waals surface area contributed by atoms with Gasteiger partial charge in [0.2, 0.25) is 0 Å². The molecule has 426 valence electrons. The first kappa shape index (κ1) is 63.5. The van der Waals surface area contributed by atoms with Crippen molar-refractivity contribution in [2.24, 2.45) is 42.7 Å². The molecular formula is C68H87N5O7. The van der Waals surface area contributed by atoms with Crippen molar-refractivity contribution in [2.45, 2.75) is 148 Å². The van der Waals surface area contributed by atoms with Crippen LogP contribution in [-0.2, 0) is 19.1 Å². The monoisotopic (exact) mass is 1090 g/mol. The summed E-state index contributed by atoms with van der Waals surface area (Å²) in [7, 11) is 0. The quantitative estimate of drug-likeness (QED) is 0.0187. The van der Waals surface area contributed by atoms with Gasteiger partial charge in [-0.15, -0.1) is 0 Å². The normalized spacial score (nSPS) is 14.1. The molecule has 0 heterocycles. The molecule has 0 amide bonds. The van der Waals surface area contributed by atoms with Crippen LogP contribution in [0.25, 0.3) is 11.1 Å². The van der Waals surface area contributed by atoms with Gasteiger partial charge in [-0.2, -0.15) is 20.8 Å². The van der Waals surface area contributed by atoms with Crippen LogP contribution in [0.3, 0.4) is 0 Å². The zero-order valence-electron chi connectivity index (χ0n) is 50.0. The highest BCUT2D eigenvalue weighted by Crippen LogP contribution is 2.63. The SMILES string of the molecule is CCN(CCOC(=O)C(C)(CC(C)(CC)C(C)(C)C(C)(CC(C)(C)CC)C(=O)OCCCCCCOc1ccc(C(=O)Oc2ccc(-c3ccc(C#N)cc3)cc2)cc1)C(C)(C)CC)c1ccc(N=Nc2ccc(C#N)cc2)cc1. The summed E-state index contributed by atoms with van der Waals surface area (Å²) in [5.74, 6) is 0.206. The van der Waals surface area contributed by atoms with E-state index in [9.17, 15) is 14.4 Å². The topological polar surface area (TPSA) is 164 Å². The number of benzene rings is 5. The highest BCUT2D eigenvalue weighted by atomic mass is 16.5. The van der Waals surface area contributed by atoms with Crippen LogP contribution >= 0.6 is 0 Å². The summed E-state index contributed by atoms with van der Waals surface area (Å²) < 4.78 is 24.3. The minimum absolute atomic E-state index is 0.154. The fourth-order valence-electron chi connectivity index (χ4n) is 10.5. The number of unbranched alkanes of at least 4 members (excludes halogenated alkanes) is 3. The lowest BCUT2D eigenvalue weighted by Crippen LogP contribution is -2.57. The summed E-state index contributed by atoms with van der Waals surface area (Å²) in [5, 5.41) is 26.8. The van der Waals surface area contributed by atoms with Crippen LogP contribution in [0.5, 0.6) is 11.5 Å². The van der Waals surface area contributed by atoms with E-state index in [1.807, 2.05) is 48.5 Å². The lowest BCUT2D eigenvalue weighted by atomic mass is 9.45. The maximum Gasteiger partial charge on any atom is 0.343 e. The van der Waals surface area contributed by atoms with Gasteiger partial charge < -0.3 is 23.8 Å². The first-order valence-corrected chi connectivity index (χ1v) is 28.6. The number of carbonyl (C=O) groups excluding carboxylic acids is 3. The number of likely N-dealkylation sites (N-methyl/N-ethyl adjacent to an activating group) is 1. The van der Waals surface area contributed by atoms with E-state index in [1.54, 1.807) is 72.8 Å². The molecule has 0 spiro atoms. The number of carbonyl (C=O) groups is 3. The van der Waals surface area contributed by atoms with Crippen molar-refractivity contribution in [1.82, 2.24) is 0 Å². The Kier molecular flexibility index (Phi) is 22.4. The predicted molar refractivity (Wildman–Crippen MR) is 319 cm³/mol. The van der Waals surface area contributed by atoms with Crippen LogP contribution < -0.4 is 14.4 Å². The van der Waals surface area contributed by atoms with Gasteiger partial charge in [-0.05, 0) is 196 Å². The number of ether oxygens (including phenoxy) is 4. The van der Waals surface area contributed by atoms with Crippen molar-refractivity contribution >= 4 is 35.0 Å². The number of rotatable bonds is 30. The third-order valence-electron chi connectivity index (χ3n) is 18.0. The van der Waals surface area contributed by atoms with Crippen LogP contribution in [0.1, 0.15) is 169 Å². The summed E-state index contributed by atoms with van der Waals surface area (Å²) in [5.41, 5.74) is 2.35. The second-order valence-corrected chi connectivity index (χ2v) is 23.9. The van der Waals surface area contributed by atoms with Crippen LogP contribution in [-0.4, -0.2) is 50.8 Å². The fourth-order valence-corrected chi connectivity index (χ4v) is 10.5. The maximum atomic E-state index is 14.8. The Morgan fingerprint density at radius 1 is 0.525 bits per heavy atom. The molecule has 12 heteroatoms. The lowest BCUT2D eigenvalue weighted by Gasteiger charge is -2.58. The molecule has 0 aliphatic rings. The zero-order valence-corrected chi connectivity index (χ0v) is 50.0. The van der Waals surface area contributed by atoms with E-state index in [-0.39, 0.29) is 24.0 Å². The van der Waals surface area contributed by atoms with Crippen molar-refractivity contribution in [2.75, 3.05) is 37.8 Å². The highest BCUT2D eigenvalue weighted by Gasteiger charge is 2.61. The van der Waals surface area contributed by atoms with Gasteiger partial charge in [0.25, 0.3) is 0 Å². The Labute approximate surface area is 477 Å². The first-order valence-electron chi connectivity index (χ1n) is 28.6. The molecule has 3 unspecified atom stereocenters. The maximum absolute atomic E-state index is 14.8. The number of anilines is 1. The Morgan fingerprint density at radius 3 is 1.52 bits per heavy atom. The number of hydrogen-bond acceptors (Lipinski definition) is 12. The van der Waals surface area contributed by atoms with E-state index in [0.29, 0.717) is 78.7 Å². The highest BCUT2D eigenvalue weighted by molar-refractivity contribution is 5.91.